The second-order valence-electron chi connectivity index (χ2n) is 7.73. The van der Waals surface area contributed by atoms with Gasteiger partial charge in [-0.15, -0.1) is 0 Å². The molecule has 5 aromatic rings. The Balaban J connectivity index is 0.00000245. The molecular weight excluding hydrogens is 390 g/mol. The van der Waals surface area contributed by atoms with E-state index in [1.807, 2.05) is 61.5 Å². The van der Waals surface area contributed by atoms with Crippen LogP contribution in [0.1, 0.15) is 11.8 Å². The van der Waals surface area contributed by atoms with Crippen molar-refractivity contribution in [2.24, 2.45) is 0 Å². The van der Waals surface area contributed by atoms with E-state index >= 15 is 0 Å². The van der Waals surface area contributed by atoms with Gasteiger partial charge in [0.1, 0.15) is 11.2 Å². The van der Waals surface area contributed by atoms with Crippen LogP contribution in [0.2, 0.25) is 0 Å². The zero-order chi connectivity index (χ0) is 21.7. The SMILES string of the molecule is CN(C)c1ccc2c(-c3ccccc3C(=O)O)c3ccc4cc(=O)ccc4c3oc2c1.[H-]. The lowest BCUT2D eigenvalue weighted by atomic mass is 9.92. The summed E-state index contributed by atoms with van der Waals surface area (Å²) >= 11 is 0. The minimum Gasteiger partial charge on any atom is -1.00 e. The van der Waals surface area contributed by atoms with Gasteiger partial charge in [-0.25, -0.2) is 4.79 Å². The second-order valence-corrected chi connectivity index (χ2v) is 7.73. The van der Waals surface area contributed by atoms with Crippen molar-refractivity contribution in [2.45, 2.75) is 0 Å². The smallest absolute Gasteiger partial charge is 0.336 e. The van der Waals surface area contributed by atoms with E-state index in [1.54, 1.807) is 24.3 Å². The molecule has 31 heavy (non-hydrogen) atoms. The summed E-state index contributed by atoms with van der Waals surface area (Å²) < 4.78 is 6.38. The molecular formula is C26H20NO4-. The van der Waals surface area contributed by atoms with Gasteiger partial charge >= 0.3 is 5.97 Å². The molecule has 0 fully saturated rings. The first-order valence-corrected chi connectivity index (χ1v) is 9.87. The molecule has 5 rings (SSSR count). The largest absolute Gasteiger partial charge is 1.00 e. The van der Waals surface area contributed by atoms with Crippen molar-refractivity contribution < 1.29 is 15.7 Å². The van der Waals surface area contributed by atoms with Gasteiger partial charge in [0.25, 0.3) is 0 Å². The summed E-state index contributed by atoms with van der Waals surface area (Å²) in [5.74, 6) is -0.987. The molecule has 1 heterocycles. The standard InChI is InChI=1S/C26H19NO4.H/c1-27(2)16-8-11-21-23(14-16)31-25-18-12-9-17(28)13-15(18)7-10-22(25)24(21)19-5-3-4-6-20(19)26(29)30;/h3-14H,1-2H3,(H,29,30);/q;-1. The highest BCUT2D eigenvalue weighted by atomic mass is 16.4. The van der Waals surface area contributed by atoms with Crippen LogP contribution in [-0.4, -0.2) is 25.2 Å². The number of aromatic carboxylic acids is 1. The maximum absolute atomic E-state index is 12.0. The molecule has 154 valence electrons. The normalized spacial score (nSPS) is 11.3. The Morgan fingerprint density at radius 2 is 1.65 bits per heavy atom. The number of carbonyl (C=O) groups is 1. The zero-order valence-electron chi connectivity index (χ0n) is 18.0. The van der Waals surface area contributed by atoms with Crippen molar-refractivity contribution in [2.75, 3.05) is 19.0 Å². The first kappa shape index (κ1) is 18.9. The molecule has 0 saturated heterocycles. The van der Waals surface area contributed by atoms with Crippen LogP contribution in [0.3, 0.4) is 0 Å². The Labute approximate surface area is 179 Å². The van der Waals surface area contributed by atoms with Crippen LogP contribution in [-0.2, 0) is 0 Å². The van der Waals surface area contributed by atoms with Crippen LogP contribution in [0.5, 0.6) is 0 Å². The number of rotatable bonds is 3. The molecule has 0 bridgehead atoms. The Bertz CT molecular complexity index is 1570. The highest BCUT2D eigenvalue weighted by molar-refractivity contribution is 6.17. The first-order chi connectivity index (χ1) is 14.9. The third-order valence-electron chi connectivity index (χ3n) is 5.60. The fraction of sp³-hybridized carbons (Fsp3) is 0.0769. The van der Waals surface area contributed by atoms with E-state index < -0.39 is 5.97 Å². The van der Waals surface area contributed by atoms with E-state index in [0.717, 1.165) is 32.8 Å². The fourth-order valence-corrected chi connectivity index (χ4v) is 4.10. The Kier molecular flexibility index (Phi) is 4.26. The summed E-state index contributed by atoms with van der Waals surface area (Å²) in [6, 6.07) is 21.5. The quantitative estimate of drug-likeness (QED) is 0.308. The van der Waals surface area contributed by atoms with E-state index in [0.29, 0.717) is 16.7 Å². The van der Waals surface area contributed by atoms with Gasteiger partial charge in [0.05, 0.1) is 5.56 Å². The fourth-order valence-electron chi connectivity index (χ4n) is 4.10. The number of carboxylic acids is 1. The molecule has 0 saturated carbocycles. The molecule has 0 amide bonds. The molecule has 0 aliphatic heterocycles. The van der Waals surface area contributed by atoms with Gasteiger partial charge in [0, 0.05) is 47.6 Å². The van der Waals surface area contributed by atoms with E-state index in [-0.39, 0.29) is 12.4 Å². The number of fused-ring (bicyclic) bond motifs is 4. The summed E-state index contributed by atoms with van der Waals surface area (Å²) in [7, 11) is 3.90. The molecule has 0 unspecified atom stereocenters. The zero-order valence-corrected chi connectivity index (χ0v) is 17.0. The number of hydrogen-bond donors (Lipinski definition) is 1. The third kappa shape index (κ3) is 3.02. The van der Waals surface area contributed by atoms with E-state index in [4.69, 9.17) is 4.42 Å². The van der Waals surface area contributed by atoms with Crippen LogP contribution < -0.4 is 10.3 Å². The van der Waals surface area contributed by atoms with Crippen LogP contribution in [0.25, 0.3) is 43.8 Å². The summed E-state index contributed by atoms with van der Waals surface area (Å²) in [4.78, 5) is 25.8. The lowest BCUT2D eigenvalue weighted by molar-refractivity contribution is 0.0697. The lowest BCUT2D eigenvalue weighted by Gasteiger charge is -2.17. The van der Waals surface area contributed by atoms with Crippen LogP contribution in [0.4, 0.5) is 5.69 Å². The van der Waals surface area contributed by atoms with Gasteiger partial charge in [-0.1, -0.05) is 24.3 Å². The number of hydrogen-bond acceptors (Lipinski definition) is 4. The molecule has 4 aromatic carbocycles. The number of anilines is 1. The predicted octanol–water partition coefficient (Wildman–Crippen LogP) is 5.64. The molecule has 1 aromatic heterocycles. The van der Waals surface area contributed by atoms with Crippen molar-refractivity contribution in [3.8, 4) is 11.1 Å². The average Bonchev–Trinajstić information content (AvgIpc) is 2.76. The van der Waals surface area contributed by atoms with Gasteiger partial charge in [0.2, 0.25) is 0 Å². The monoisotopic (exact) mass is 410 g/mol. The maximum Gasteiger partial charge on any atom is 0.336 e. The van der Waals surface area contributed by atoms with Gasteiger partial charge < -0.3 is 15.9 Å². The van der Waals surface area contributed by atoms with Gasteiger partial charge in [-0.3, -0.25) is 4.79 Å². The van der Waals surface area contributed by atoms with Crippen molar-refractivity contribution in [3.05, 3.63) is 88.6 Å². The van der Waals surface area contributed by atoms with Gasteiger partial charge in [-0.2, -0.15) is 0 Å². The lowest BCUT2D eigenvalue weighted by Crippen LogP contribution is -2.08. The predicted molar refractivity (Wildman–Crippen MR) is 125 cm³/mol. The number of benzene rings is 4. The van der Waals surface area contributed by atoms with Crippen molar-refractivity contribution in [1.82, 2.24) is 0 Å². The topological polar surface area (TPSA) is 70.8 Å². The van der Waals surface area contributed by atoms with Crippen LogP contribution >= 0.6 is 0 Å². The molecule has 5 heteroatoms. The summed E-state index contributed by atoms with van der Waals surface area (Å²) in [5.41, 5.74) is 3.81. The highest BCUT2D eigenvalue weighted by Crippen LogP contribution is 2.41. The van der Waals surface area contributed by atoms with Gasteiger partial charge in [-0.05, 0) is 53.4 Å². The molecule has 0 atom stereocenters. The van der Waals surface area contributed by atoms with Crippen molar-refractivity contribution >= 4 is 44.4 Å². The van der Waals surface area contributed by atoms with E-state index in [9.17, 15) is 14.7 Å². The molecule has 5 nitrogen and oxygen atoms in total. The molecule has 0 aliphatic carbocycles. The average molecular weight is 410 g/mol. The van der Waals surface area contributed by atoms with Crippen LogP contribution in [0.15, 0.2) is 82.0 Å². The Morgan fingerprint density at radius 3 is 2.42 bits per heavy atom. The third-order valence-corrected chi connectivity index (χ3v) is 5.60. The van der Waals surface area contributed by atoms with E-state index in [2.05, 4.69) is 0 Å². The molecule has 1 N–H and O–H groups in total. The number of carboxylic acid groups (broad SMARTS) is 1. The molecule has 0 spiro atoms. The van der Waals surface area contributed by atoms with Gasteiger partial charge in [0.15, 0.2) is 5.43 Å². The Hall–Kier alpha value is -4.12. The first-order valence-electron chi connectivity index (χ1n) is 9.87. The Morgan fingerprint density at radius 1 is 0.903 bits per heavy atom. The summed E-state index contributed by atoms with van der Waals surface area (Å²) in [6.07, 6.45) is 0. The van der Waals surface area contributed by atoms with Crippen molar-refractivity contribution in [1.29, 1.82) is 0 Å². The number of nitrogens with zero attached hydrogens (tertiary/aromatic N) is 1. The molecule has 0 aliphatic rings. The van der Waals surface area contributed by atoms with Crippen LogP contribution in [0, 0.1) is 0 Å². The highest BCUT2D eigenvalue weighted by Gasteiger charge is 2.19. The van der Waals surface area contributed by atoms with Crippen molar-refractivity contribution in [3.63, 3.8) is 0 Å². The summed E-state index contributed by atoms with van der Waals surface area (Å²) in [5, 5.41) is 13.0. The maximum atomic E-state index is 12.0. The summed E-state index contributed by atoms with van der Waals surface area (Å²) in [6.45, 7) is 0. The second kappa shape index (κ2) is 6.99. The minimum absolute atomic E-state index is 0. The van der Waals surface area contributed by atoms with E-state index in [1.165, 1.54) is 6.07 Å². The minimum atomic E-state index is -0.987. The molecule has 0 radical (unpaired) electrons.